The maximum atomic E-state index is 12.1. The van der Waals surface area contributed by atoms with Crippen molar-refractivity contribution in [2.75, 3.05) is 13.4 Å². The Bertz CT molecular complexity index is 813. The van der Waals surface area contributed by atoms with Gasteiger partial charge in [-0.1, -0.05) is 23.2 Å². The molecule has 2 aromatic rings. The van der Waals surface area contributed by atoms with Crippen molar-refractivity contribution in [1.29, 1.82) is 0 Å². The zero-order valence-corrected chi connectivity index (χ0v) is 15.9. The van der Waals surface area contributed by atoms with Gasteiger partial charge in [0.15, 0.2) is 11.5 Å². The van der Waals surface area contributed by atoms with Crippen LogP contribution in [0.15, 0.2) is 40.3 Å². The lowest BCUT2D eigenvalue weighted by molar-refractivity contribution is -0.120. The molecule has 25 heavy (non-hydrogen) atoms. The molecule has 0 bridgehead atoms. The van der Waals surface area contributed by atoms with Crippen LogP contribution < -0.4 is 10.2 Å². The summed E-state index contributed by atoms with van der Waals surface area (Å²) in [6.07, 6.45) is 3.43. The number of phenols is 1. The lowest BCUT2D eigenvalue weighted by Gasteiger charge is -2.08. The summed E-state index contributed by atoms with van der Waals surface area (Å²) in [4.78, 5) is 13.0. The standard InChI is InChI=1S/C17H16Cl2N2O3S/c1-24-13-5-3-10(16(19)17(13)23)9-20-21-15(22)8-11-7-12(18)4-6-14(11)25-2/h3-7,9,23H,8H2,1-2H3,(H,21,22)/b20-9-. The number of carbonyl (C=O) groups excluding carboxylic acids is 1. The summed E-state index contributed by atoms with van der Waals surface area (Å²) in [6.45, 7) is 0. The molecule has 0 aliphatic heterocycles. The molecule has 0 radical (unpaired) electrons. The number of aromatic hydroxyl groups is 1. The Hall–Kier alpha value is -1.89. The Kier molecular flexibility index (Phi) is 6.99. The molecule has 1 amide bonds. The minimum absolute atomic E-state index is 0.0943. The third-order valence-corrected chi connectivity index (χ3v) is 4.79. The summed E-state index contributed by atoms with van der Waals surface area (Å²) in [5.74, 6) is -0.206. The first kappa shape index (κ1) is 19.4. The molecule has 0 atom stereocenters. The average molecular weight is 399 g/mol. The Morgan fingerprint density at radius 2 is 2.12 bits per heavy atom. The number of hydrazone groups is 1. The zero-order chi connectivity index (χ0) is 18.4. The second kappa shape index (κ2) is 8.99. The molecule has 2 aromatic carbocycles. The number of carbonyl (C=O) groups is 1. The van der Waals surface area contributed by atoms with Gasteiger partial charge in [-0.25, -0.2) is 5.43 Å². The van der Waals surface area contributed by atoms with Crippen LogP contribution >= 0.6 is 35.0 Å². The first-order valence-corrected chi connectivity index (χ1v) is 9.14. The first-order chi connectivity index (χ1) is 12.0. The quantitative estimate of drug-likeness (QED) is 0.436. The monoisotopic (exact) mass is 398 g/mol. The van der Waals surface area contributed by atoms with Crippen LogP contribution in [-0.2, 0) is 11.2 Å². The number of benzene rings is 2. The van der Waals surface area contributed by atoms with Gasteiger partial charge >= 0.3 is 0 Å². The fourth-order valence-corrected chi connectivity index (χ4v) is 3.10. The van der Waals surface area contributed by atoms with Crippen LogP contribution in [0.3, 0.4) is 0 Å². The van der Waals surface area contributed by atoms with Crippen LogP contribution in [-0.4, -0.2) is 30.6 Å². The van der Waals surface area contributed by atoms with Gasteiger partial charge in [0.1, 0.15) is 0 Å². The van der Waals surface area contributed by atoms with Crippen molar-refractivity contribution in [1.82, 2.24) is 5.43 Å². The van der Waals surface area contributed by atoms with Crippen LogP contribution in [0, 0.1) is 0 Å². The Balaban J connectivity index is 2.04. The summed E-state index contributed by atoms with van der Waals surface area (Å²) >= 11 is 13.5. The van der Waals surface area contributed by atoms with Gasteiger partial charge in [0.25, 0.3) is 0 Å². The highest BCUT2D eigenvalue weighted by molar-refractivity contribution is 7.98. The third kappa shape index (κ3) is 5.04. The van der Waals surface area contributed by atoms with Crippen LogP contribution in [0.4, 0.5) is 0 Å². The van der Waals surface area contributed by atoms with E-state index in [9.17, 15) is 9.90 Å². The second-order valence-electron chi connectivity index (χ2n) is 4.95. The highest BCUT2D eigenvalue weighted by Gasteiger charge is 2.11. The van der Waals surface area contributed by atoms with Crippen molar-refractivity contribution in [3.8, 4) is 11.5 Å². The number of halogens is 2. The predicted molar refractivity (Wildman–Crippen MR) is 102 cm³/mol. The molecule has 2 rings (SSSR count). The lowest BCUT2D eigenvalue weighted by atomic mass is 10.1. The van der Waals surface area contributed by atoms with Crippen LogP contribution in [0.25, 0.3) is 0 Å². The van der Waals surface area contributed by atoms with E-state index in [4.69, 9.17) is 27.9 Å². The molecule has 2 N–H and O–H groups in total. The van der Waals surface area contributed by atoms with Crippen molar-refractivity contribution >= 4 is 47.1 Å². The summed E-state index contributed by atoms with van der Waals surface area (Å²) in [6, 6.07) is 8.60. The number of nitrogens with zero attached hydrogens (tertiary/aromatic N) is 1. The van der Waals surface area contributed by atoms with E-state index in [0.717, 1.165) is 10.5 Å². The molecule has 0 heterocycles. The molecular formula is C17H16Cl2N2O3S. The molecule has 0 aliphatic carbocycles. The fraction of sp³-hybridized carbons (Fsp3) is 0.176. The van der Waals surface area contributed by atoms with Crippen LogP contribution in [0.1, 0.15) is 11.1 Å². The van der Waals surface area contributed by atoms with Gasteiger partial charge in [0, 0.05) is 15.5 Å². The Morgan fingerprint density at radius 1 is 1.36 bits per heavy atom. The number of hydrogen-bond donors (Lipinski definition) is 2. The molecule has 0 saturated carbocycles. The van der Waals surface area contributed by atoms with E-state index in [2.05, 4.69) is 10.5 Å². The molecule has 0 aromatic heterocycles. The fourth-order valence-electron chi connectivity index (χ4n) is 2.10. The van der Waals surface area contributed by atoms with E-state index in [1.807, 2.05) is 12.3 Å². The Labute approximate surface area is 160 Å². The number of rotatable bonds is 6. The highest BCUT2D eigenvalue weighted by Crippen LogP contribution is 2.35. The number of phenolic OH excluding ortho intramolecular Hbond substituents is 1. The average Bonchev–Trinajstić information content (AvgIpc) is 2.59. The van der Waals surface area contributed by atoms with Gasteiger partial charge in [-0.3, -0.25) is 4.79 Å². The van der Waals surface area contributed by atoms with E-state index in [1.54, 1.807) is 24.3 Å². The summed E-state index contributed by atoms with van der Waals surface area (Å²) in [5, 5.41) is 14.4. The van der Waals surface area contributed by atoms with Crippen molar-refractivity contribution in [2.45, 2.75) is 11.3 Å². The number of amides is 1. The third-order valence-electron chi connectivity index (χ3n) is 3.32. The largest absolute Gasteiger partial charge is 0.503 e. The van der Waals surface area contributed by atoms with Gasteiger partial charge in [-0.15, -0.1) is 11.8 Å². The normalized spacial score (nSPS) is 10.9. The number of hydrogen-bond acceptors (Lipinski definition) is 5. The summed E-state index contributed by atoms with van der Waals surface area (Å²) in [5.41, 5.74) is 3.71. The van der Waals surface area contributed by atoms with Gasteiger partial charge < -0.3 is 9.84 Å². The Morgan fingerprint density at radius 3 is 2.80 bits per heavy atom. The maximum Gasteiger partial charge on any atom is 0.244 e. The van der Waals surface area contributed by atoms with E-state index < -0.39 is 0 Å². The molecule has 0 unspecified atom stereocenters. The van der Waals surface area contributed by atoms with Crippen LogP contribution in [0.2, 0.25) is 10.0 Å². The number of methoxy groups -OCH3 is 1. The highest BCUT2D eigenvalue weighted by atomic mass is 35.5. The van der Waals surface area contributed by atoms with E-state index in [0.29, 0.717) is 10.6 Å². The van der Waals surface area contributed by atoms with Gasteiger partial charge in [-0.2, -0.15) is 5.10 Å². The van der Waals surface area contributed by atoms with Gasteiger partial charge in [-0.05, 0) is 42.2 Å². The molecular weight excluding hydrogens is 383 g/mol. The van der Waals surface area contributed by atoms with Crippen molar-refractivity contribution < 1.29 is 14.6 Å². The minimum Gasteiger partial charge on any atom is -0.503 e. The smallest absolute Gasteiger partial charge is 0.244 e. The van der Waals surface area contributed by atoms with E-state index in [-0.39, 0.29) is 28.8 Å². The van der Waals surface area contributed by atoms with Gasteiger partial charge in [0.05, 0.1) is 24.8 Å². The molecule has 0 aliphatic rings. The van der Waals surface area contributed by atoms with Crippen LogP contribution in [0.5, 0.6) is 11.5 Å². The zero-order valence-electron chi connectivity index (χ0n) is 13.5. The first-order valence-electron chi connectivity index (χ1n) is 7.16. The SMILES string of the molecule is COc1ccc(/C=N\NC(=O)Cc2cc(Cl)ccc2SC)c(Cl)c1O. The molecule has 5 nitrogen and oxygen atoms in total. The molecule has 0 spiro atoms. The summed E-state index contributed by atoms with van der Waals surface area (Å²) in [7, 11) is 1.43. The molecule has 8 heteroatoms. The van der Waals surface area contributed by atoms with Crippen molar-refractivity contribution in [2.24, 2.45) is 5.10 Å². The molecule has 0 fully saturated rings. The van der Waals surface area contributed by atoms with Crippen molar-refractivity contribution in [3.63, 3.8) is 0 Å². The van der Waals surface area contributed by atoms with Gasteiger partial charge in [0.2, 0.25) is 5.91 Å². The maximum absolute atomic E-state index is 12.1. The minimum atomic E-state index is -0.289. The van der Waals surface area contributed by atoms with E-state index >= 15 is 0 Å². The van der Waals surface area contributed by atoms with Crippen molar-refractivity contribution in [3.05, 3.63) is 51.5 Å². The molecule has 132 valence electrons. The summed E-state index contributed by atoms with van der Waals surface area (Å²) < 4.78 is 4.96. The topological polar surface area (TPSA) is 70.9 Å². The lowest BCUT2D eigenvalue weighted by Crippen LogP contribution is -2.20. The van der Waals surface area contributed by atoms with E-state index in [1.165, 1.54) is 25.1 Å². The number of thioether (sulfide) groups is 1. The number of ether oxygens (including phenoxy) is 1. The number of nitrogens with one attached hydrogen (secondary N) is 1. The second-order valence-corrected chi connectivity index (χ2v) is 6.61. The molecule has 0 saturated heterocycles. The predicted octanol–water partition coefficient (Wildman–Crippen LogP) is 4.12.